The third-order valence-electron chi connectivity index (χ3n) is 6.68. The van der Waals surface area contributed by atoms with Crippen LogP contribution in [0.1, 0.15) is 37.5 Å². The summed E-state index contributed by atoms with van der Waals surface area (Å²) in [6.45, 7) is 10.7. The Labute approximate surface area is 213 Å². The van der Waals surface area contributed by atoms with Crippen LogP contribution in [0.15, 0.2) is 91.0 Å². The summed E-state index contributed by atoms with van der Waals surface area (Å²) < 4.78 is 0. The number of rotatable bonds is 4. The van der Waals surface area contributed by atoms with Gasteiger partial charge in [-0.3, -0.25) is 0 Å². The highest BCUT2D eigenvalue weighted by Gasteiger charge is 2.23. The van der Waals surface area contributed by atoms with Gasteiger partial charge in [0.25, 0.3) is 0 Å². The topological polar surface area (TPSA) is 48.9 Å². The van der Waals surface area contributed by atoms with Gasteiger partial charge in [-0.2, -0.15) is 0 Å². The molecular formula is C33H32N2O. The van der Waals surface area contributed by atoms with E-state index in [0.717, 1.165) is 39.2 Å². The number of nitrogens with one attached hydrogen (secondary N) is 1. The van der Waals surface area contributed by atoms with Gasteiger partial charge in [0, 0.05) is 16.7 Å². The smallest absolute Gasteiger partial charge is 0.142 e. The molecule has 180 valence electrons. The lowest BCUT2D eigenvalue weighted by atomic mass is 9.83. The fraction of sp³-hybridized carbons (Fsp3) is 0.182. The van der Waals surface area contributed by atoms with Crippen molar-refractivity contribution in [3.05, 3.63) is 108 Å². The van der Waals surface area contributed by atoms with Crippen LogP contribution in [0.5, 0.6) is 5.75 Å². The van der Waals surface area contributed by atoms with Crippen molar-refractivity contribution in [1.82, 2.24) is 9.97 Å². The van der Waals surface area contributed by atoms with Crippen LogP contribution in [0, 0.1) is 13.8 Å². The first kappa shape index (κ1) is 23.6. The molecular weight excluding hydrogens is 440 g/mol. The number of nitrogens with zero attached hydrogens (tertiary/aromatic N) is 1. The van der Waals surface area contributed by atoms with Crippen molar-refractivity contribution in [2.24, 2.45) is 0 Å². The average molecular weight is 473 g/mol. The summed E-state index contributed by atoms with van der Waals surface area (Å²) in [4.78, 5) is 8.66. The van der Waals surface area contributed by atoms with Crippen molar-refractivity contribution in [1.29, 1.82) is 0 Å². The van der Waals surface area contributed by atoms with Crippen LogP contribution in [0.3, 0.4) is 0 Å². The maximum absolute atomic E-state index is 11.5. The van der Waals surface area contributed by atoms with E-state index in [1.54, 1.807) is 0 Å². The van der Waals surface area contributed by atoms with E-state index in [0.29, 0.717) is 11.4 Å². The van der Waals surface area contributed by atoms with Gasteiger partial charge < -0.3 is 10.1 Å². The van der Waals surface area contributed by atoms with Crippen molar-refractivity contribution in [2.45, 2.75) is 40.0 Å². The minimum Gasteiger partial charge on any atom is -0.507 e. The van der Waals surface area contributed by atoms with Gasteiger partial charge in [-0.05, 0) is 42.5 Å². The molecule has 0 radical (unpaired) electrons. The molecule has 0 bridgehead atoms. The zero-order chi connectivity index (χ0) is 25.4. The number of aryl methyl sites for hydroxylation is 2. The van der Waals surface area contributed by atoms with Gasteiger partial charge in [0.05, 0.1) is 17.0 Å². The Morgan fingerprint density at radius 2 is 1.22 bits per heavy atom. The summed E-state index contributed by atoms with van der Waals surface area (Å²) in [5.74, 6) is 0.885. The molecule has 0 fully saturated rings. The lowest BCUT2D eigenvalue weighted by Gasteiger charge is -2.22. The van der Waals surface area contributed by atoms with Gasteiger partial charge in [-0.25, -0.2) is 4.98 Å². The molecule has 36 heavy (non-hydrogen) atoms. The maximum atomic E-state index is 11.5. The average Bonchev–Trinajstić information content (AvgIpc) is 3.30. The van der Waals surface area contributed by atoms with E-state index in [-0.39, 0.29) is 11.2 Å². The number of aromatic amines is 1. The standard InChI is InChI=1S/C33H32N2O/c1-21-11-15-24(16-12-21)29-30(25-17-13-22(2)14-18-25)35-32(34-29)28-20-26(33(3,4)5)19-27(31(28)36)23-9-7-6-8-10-23/h6-20,36H,1-5H3,(H,34,35). The first-order chi connectivity index (χ1) is 17.2. The van der Waals surface area contributed by atoms with Crippen molar-refractivity contribution < 1.29 is 5.11 Å². The minimum atomic E-state index is -0.0991. The number of benzene rings is 4. The molecule has 5 rings (SSSR count). The number of imidazole rings is 1. The summed E-state index contributed by atoms with van der Waals surface area (Å²) in [5, 5.41) is 11.5. The van der Waals surface area contributed by atoms with Crippen LogP contribution in [-0.4, -0.2) is 15.1 Å². The molecule has 0 unspecified atom stereocenters. The number of phenolic OH excluding ortho intramolecular Hbond substituents is 1. The minimum absolute atomic E-state index is 0.0991. The number of aromatic hydroxyl groups is 1. The first-order valence-electron chi connectivity index (χ1n) is 12.4. The second-order valence-electron chi connectivity index (χ2n) is 10.6. The molecule has 5 aromatic rings. The monoisotopic (exact) mass is 472 g/mol. The number of H-pyrrole nitrogens is 1. The van der Waals surface area contributed by atoms with E-state index in [9.17, 15) is 5.11 Å². The quantitative estimate of drug-likeness (QED) is 0.275. The van der Waals surface area contributed by atoms with Crippen LogP contribution in [0.2, 0.25) is 0 Å². The predicted octanol–water partition coefficient (Wildman–Crippen LogP) is 8.70. The van der Waals surface area contributed by atoms with Crippen molar-refractivity contribution in [3.63, 3.8) is 0 Å². The Morgan fingerprint density at radius 3 is 1.81 bits per heavy atom. The molecule has 0 spiro atoms. The summed E-state index contributed by atoms with van der Waals surface area (Å²) in [5.41, 5.74) is 9.84. The molecule has 0 saturated carbocycles. The first-order valence-corrected chi connectivity index (χ1v) is 12.4. The maximum Gasteiger partial charge on any atom is 0.142 e. The lowest BCUT2D eigenvalue weighted by molar-refractivity contribution is 0.478. The second kappa shape index (κ2) is 9.16. The Morgan fingerprint density at radius 1 is 0.667 bits per heavy atom. The molecule has 1 heterocycles. The van der Waals surface area contributed by atoms with Crippen LogP contribution in [-0.2, 0) is 5.41 Å². The fourth-order valence-corrected chi connectivity index (χ4v) is 4.44. The summed E-state index contributed by atoms with van der Waals surface area (Å²) in [6, 6.07) is 31.1. The van der Waals surface area contributed by atoms with E-state index in [2.05, 4.69) is 100 Å². The normalized spacial score (nSPS) is 11.6. The molecule has 4 aromatic carbocycles. The molecule has 2 N–H and O–H groups in total. The Hall–Kier alpha value is -4.11. The Kier molecular flexibility index (Phi) is 6.01. The highest BCUT2D eigenvalue weighted by molar-refractivity contribution is 5.85. The molecule has 0 atom stereocenters. The Bertz CT molecular complexity index is 1440. The van der Waals surface area contributed by atoms with E-state index in [4.69, 9.17) is 4.98 Å². The number of hydrogen-bond acceptors (Lipinski definition) is 2. The van der Waals surface area contributed by atoms with Crippen molar-refractivity contribution in [2.75, 3.05) is 0 Å². The van der Waals surface area contributed by atoms with Gasteiger partial charge in [0.2, 0.25) is 0 Å². The summed E-state index contributed by atoms with van der Waals surface area (Å²) in [6.07, 6.45) is 0. The molecule has 0 aliphatic heterocycles. The van der Waals surface area contributed by atoms with Gasteiger partial charge in [0.1, 0.15) is 11.6 Å². The van der Waals surface area contributed by atoms with Gasteiger partial charge in [0.15, 0.2) is 0 Å². The predicted molar refractivity (Wildman–Crippen MR) is 150 cm³/mol. The summed E-state index contributed by atoms with van der Waals surface area (Å²) in [7, 11) is 0. The van der Waals surface area contributed by atoms with Crippen LogP contribution < -0.4 is 0 Å². The molecule has 3 nitrogen and oxygen atoms in total. The number of hydrogen-bond donors (Lipinski definition) is 2. The van der Waals surface area contributed by atoms with E-state index in [1.807, 2.05) is 30.3 Å². The lowest BCUT2D eigenvalue weighted by Crippen LogP contribution is -2.11. The zero-order valence-electron chi connectivity index (χ0n) is 21.6. The largest absolute Gasteiger partial charge is 0.507 e. The van der Waals surface area contributed by atoms with Gasteiger partial charge in [-0.1, -0.05) is 111 Å². The SMILES string of the molecule is Cc1ccc(-c2nc(-c3cc(C(C)(C)C)cc(-c4ccccc4)c3O)[nH]c2-c2ccc(C)cc2)cc1. The number of phenols is 1. The molecule has 0 aliphatic carbocycles. The van der Waals surface area contributed by atoms with Gasteiger partial charge >= 0.3 is 0 Å². The third kappa shape index (κ3) is 4.57. The molecule has 0 saturated heterocycles. The van der Waals surface area contributed by atoms with Crippen LogP contribution >= 0.6 is 0 Å². The van der Waals surface area contributed by atoms with Crippen LogP contribution in [0.4, 0.5) is 0 Å². The van der Waals surface area contributed by atoms with Crippen LogP contribution in [0.25, 0.3) is 45.0 Å². The Balaban J connectivity index is 1.76. The third-order valence-corrected chi connectivity index (χ3v) is 6.68. The molecule has 1 aromatic heterocycles. The van der Waals surface area contributed by atoms with E-state index < -0.39 is 0 Å². The van der Waals surface area contributed by atoms with E-state index >= 15 is 0 Å². The molecule has 0 aliphatic rings. The van der Waals surface area contributed by atoms with E-state index in [1.165, 1.54) is 11.1 Å². The summed E-state index contributed by atoms with van der Waals surface area (Å²) >= 11 is 0. The molecule has 0 amide bonds. The van der Waals surface area contributed by atoms with Crippen molar-refractivity contribution >= 4 is 0 Å². The molecule has 3 heteroatoms. The van der Waals surface area contributed by atoms with Gasteiger partial charge in [-0.15, -0.1) is 0 Å². The number of aromatic nitrogens is 2. The second-order valence-corrected chi connectivity index (χ2v) is 10.6. The highest BCUT2D eigenvalue weighted by atomic mass is 16.3. The fourth-order valence-electron chi connectivity index (χ4n) is 4.44. The van der Waals surface area contributed by atoms with Crippen molar-refractivity contribution in [3.8, 4) is 50.8 Å². The zero-order valence-corrected chi connectivity index (χ0v) is 21.6. The highest BCUT2D eigenvalue weighted by Crippen LogP contribution is 2.43.